The van der Waals surface area contributed by atoms with E-state index in [0.717, 1.165) is 6.54 Å². The number of aryl methyl sites for hydroxylation is 1. The molecule has 1 fully saturated rings. The molecule has 3 rings (SSSR count). The molecule has 0 unspecified atom stereocenters. The highest BCUT2D eigenvalue weighted by atomic mass is 15.3. The van der Waals surface area contributed by atoms with Gasteiger partial charge in [0, 0.05) is 12.1 Å². The van der Waals surface area contributed by atoms with Gasteiger partial charge in [0.15, 0.2) is 0 Å². The van der Waals surface area contributed by atoms with E-state index in [4.69, 9.17) is 0 Å². The van der Waals surface area contributed by atoms with E-state index in [1.54, 1.807) is 0 Å². The number of nitrogens with zero attached hydrogens (tertiary/aromatic N) is 2. The minimum Gasteiger partial charge on any atom is -0.370 e. The largest absolute Gasteiger partial charge is 0.370 e. The fraction of sp³-hybridized carbons (Fsp3) is 0.727. The van der Waals surface area contributed by atoms with Crippen LogP contribution in [0, 0.1) is 0 Å². The topological polar surface area (TPSA) is 29.9 Å². The predicted molar refractivity (Wildman–Crippen MR) is 56.5 cm³/mol. The van der Waals surface area contributed by atoms with Crippen LogP contribution in [-0.4, -0.2) is 16.3 Å². The molecule has 1 aliphatic carbocycles. The maximum atomic E-state index is 4.53. The van der Waals surface area contributed by atoms with Crippen LogP contribution in [0.4, 0.5) is 5.82 Å². The third-order valence-corrected chi connectivity index (χ3v) is 3.46. The zero-order chi connectivity index (χ0) is 9.38. The normalized spacial score (nSPS) is 22.0. The van der Waals surface area contributed by atoms with Crippen molar-refractivity contribution in [3.05, 3.63) is 11.8 Å². The Morgan fingerprint density at radius 2 is 2.14 bits per heavy atom. The molecule has 2 heterocycles. The van der Waals surface area contributed by atoms with Gasteiger partial charge < -0.3 is 5.32 Å². The highest BCUT2D eigenvalue weighted by molar-refractivity contribution is 5.46. The van der Waals surface area contributed by atoms with Crippen LogP contribution in [0.2, 0.25) is 0 Å². The summed E-state index contributed by atoms with van der Waals surface area (Å²) in [6.07, 6.45) is 9.89. The minimum absolute atomic E-state index is 0.671. The molecule has 0 bridgehead atoms. The Hall–Kier alpha value is -0.990. The summed E-state index contributed by atoms with van der Waals surface area (Å²) in [4.78, 5) is 0. The van der Waals surface area contributed by atoms with Gasteiger partial charge in [0.2, 0.25) is 0 Å². The molecule has 0 atom stereocenters. The van der Waals surface area contributed by atoms with Gasteiger partial charge in [-0.05, 0) is 25.7 Å². The van der Waals surface area contributed by atoms with Crippen molar-refractivity contribution in [2.75, 3.05) is 11.9 Å². The standard InChI is InChI=1S/C11H17N3/c1-2-6-10(5-1)14-11-9(8-13-14)4-3-7-12-11/h8,10,12H,1-7H2. The van der Waals surface area contributed by atoms with Crippen LogP contribution in [-0.2, 0) is 6.42 Å². The van der Waals surface area contributed by atoms with E-state index in [-0.39, 0.29) is 0 Å². The molecule has 1 N–H and O–H groups in total. The van der Waals surface area contributed by atoms with Crippen LogP contribution in [0.25, 0.3) is 0 Å². The number of hydrogen-bond acceptors (Lipinski definition) is 2. The van der Waals surface area contributed by atoms with Crippen LogP contribution >= 0.6 is 0 Å². The Labute approximate surface area is 84.5 Å². The van der Waals surface area contributed by atoms with E-state index in [1.807, 2.05) is 0 Å². The first-order chi connectivity index (χ1) is 6.95. The number of anilines is 1. The number of aromatic nitrogens is 2. The second-order valence-corrected chi connectivity index (χ2v) is 4.43. The highest BCUT2D eigenvalue weighted by Crippen LogP contribution is 2.33. The van der Waals surface area contributed by atoms with E-state index in [1.165, 1.54) is 49.9 Å². The molecular formula is C11H17N3. The number of fused-ring (bicyclic) bond motifs is 1. The van der Waals surface area contributed by atoms with Gasteiger partial charge >= 0.3 is 0 Å². The summed E-state index contributed by atoms with van der Waals surface area (Å²) < 4.78 is 2.24. The van der Waals surface area contributed by atoms with E-state index in [9.17, 15) is 0 Å². The minimum atomic E-state index is 0.671. The molecule has 0 amide bonds. The highest BCUT2D eigenvalue weighted by Gasteiger charge is 2.23. The van der Waals surface area contributed by atoms with Crippen LogP contribution in [0.1, 0.15) is 43.7 Å². The third-order valence-electron chi connectivity index (χ3n) is 3.46. The summed E-state index contributed by atoms with van der Waals surface area (Å²) in [5, 5.41) is 8.02. The average Bonchev–Trinajstić information content (AvgIpc) is 2.85. The summed E-state index contributed by atoms with van der Waals surface area (Å²) in [5.74, 6) is 1.31. The Kier molecular flexibility index (Phi) is 1.96. The molecule has 3 heteroatoms. The molecular weight excluding hydrogens is 174 g/mol. The van der Waals surface area contributed by atoms with Gasteiger partial charge in [0.1, 0.15) is 5.82 Å². The lowest BCUT2D eigenvalue weighted by atomic mass is 10.1. The SMILES string of the molecule is c1nn(C2CCCC2)c2c1CCCN2. The molecule has 1 saturated carbocycles. The van der Waals surface area contributed by atoms with Gasteiger partial charge in [-0.25, -0.2) is 4.68 Å². The maximum absolute atomic E-state index is 4.53. The molecule has 14 heavy (non-hydrogen) atoms. The Morgan fingerprint density at radius 1 is 1.29 bits per heavy atom. The molecule has 0 radical (unpaired) electrons. The molecule has 3 nitrogen and oxygen atoms in total. The molecule has 2 aliphatic rings. The summed E-state index contributed by atoms with van der Waals surface area (Å²) >= 11 is 0. The predicted octanol–water partition coefficient (Wildman–Crippen LogP) is 2.36. The zero-order valence-electron chi connectivity index (χ0n) is 8.50. The summed E-state index contributed by atoms with van der Waals surface area (Å²) in [5.41, 5.74) is 1.42. The lowest BCUT2D eigenvalue weighted by Crippen LogP contribution is -2.17. The smallest absolute Gasteiger partial charge is 0.127 e. The number of nitrogens with one attached hydrogen (secondary N) is 1. The van der Waals surface area contributed by atoms with Gasteiger partial charge in [-0.2, -0.15) is 5.10 Å². The van der Waals surface area contributed by atoms with E-state index < -0.39 is 0 Å². The Morgan fingerprint density at radius 3 is 3.00 bits per heavy atom. The Balaban J connectivity index is 1.93. The van der Waals surface area contributed by atoms with Crippen molar-refractivity contribution in [2.24, 2.45) is 0 Å². The summed E-state index contributed by atoms with van der Waals surface area (Å²) in [6, 6.07) is 0.671. The Bertz CT molecular complexity index is 323. The summed E-state index contributed by atoms with van der Waals surface area (Å²) in [6.45, 7) is 1.12. The van der Waals surface area contributed by atoms with E-state index in [0.29, 0.717) is 6.04 Å². The quantitative estimate of drug-likeness (QED) is 0.738. The molecule has 1 aromatic rings. The summed E-state index contributed by atoms with van der Waals surface area (Å²) in [7, 11) is 0. The van der Waals surface area contributed by atoms with Crippen molar-refractivity contribution in [2.45, 2.75) is 44.6 Å². The van der Waals surface area contributed by atoms with Crippen molar-refractivity contribution in [3.8, 4) is 0 Å². The third kappa shape index (κ3) is 1.22. The first-order valence-corrected chi connectivity index (χ1v) is 5.75. The molecule has 0 aromatic carbocycles. The maximum Gasteiger partial charge on any atom is 0.127 e. The van der Waals surface area contributed by atoms with Gasteiger partial charge in [-0.3, -0.25) is 0 Å². The lowest BCUT2D eigenvalue weighted by Gasteiger charge is -2.19. The average molecular weight is 191 g/mol. The molecule has 1 aliphatic heterocycles. The van der Waals surface area contributed by atoms with Crippen LogP contribution in [0.15, 0.2) is 6.20 Å². The second-order valence-electron chi connectivity index (χ2n) is 4.43. The van der Waals surface area contributed by atoms with Gasteiger partial charge in [0.25, 0.3) is 0 Å². The van der Waals surface area contributed by atoms with Crippen molar-refractivity contribution >= 4 is 5.82 Å². The second kappa shape index (κ2) is 3.30. The number of rotatable bonds is 1. The van der Waals surface area contributed by atoms with Crippen LogP contribution < -0.4 is 5.32 Å². The molecule has 76 valence electrons. The van der Waals surface area contributed by atoms with E-state index in [2.05, 4.69) is 21.3 Å². The lowest BCUT2D eigenvalue weighted by molar-refractivity contribution is 0.470. The fourth-order valence-electron chi connectivity index (χ4n) is 2.69. The van der Waals surface area contributed by atoms with Crippen molar-refractivity contribution < 1.29 is 0 Å². The molecule has 1 aromatic heterocycles. The first kappa shape index (κ1) is 8.33. The zero-order valence-corrected chi connectivity index (χ0v) is 8.50. The van der Waals surface area contributed by atoms with Gasteiger partial charge in [-0.1, -0.05) is 12.8 Å². The molecule has 0 spiro atoms. The first-order valence-electron chi connectivity index (χ1n) is 5.75. The van der Waals surface area contributed by atoms with Crippen LogP contribution in [0.3, 0.4) is 0 Å². The van der Waals surface area contributed by atoms with Gasteiger partial charge in [0.05, 0.1) is 12.2 Å². The van der Waals surface area contributed by atoms with E-state index >= 15 is 0 Å². The van der Waals surface area contributed by atoms with Gasteiger partial charge in [-0.15, -0.1) is 0 Å². The van der Waals surface area contributed by atoms with Crippen molar-refractivity contribution in [3.63, 3.8) is 0 Å². The number of hydrogen-bond donors (Lipinski definition) is 1. The van der Waals surface area contributed by atoms with Crippen molar-refractivity contribution in [1.29, 1.82) is 0 Å². The van der Waals surface area contributed by atoms with Crippen LogP contribution in [0.5, 0.6) is 0 Å². The monoisotopic (exact) mass is 191 g/mol. The van der Waals surface area contributed by atoms with Crippen molar-refractivity contribution in [1.82, 2.24) is 9.78 Å². The molecule has 0 saturated heterocycles. The fourth-order valence-corrected chi connectivity index (χ4v) is 2.69.